The fourth-order valence-electron chi connectivity index (χ4n) is 1.75. The molecule has 5 heteroatoms. The zero-order chi connectivity index (χ0) is 13.1. The molecule has 0 saturated heterocycles. The molecule has 1 aromatic heterocycles. The summed E-state index contributed by atoms with van der Waals surface area (Å²) in [5, 5.41) is 12.8. The number of carboxylic acids is 1. The van der Waals surface area contributed by atoms with Gasteiger partial charge in [-0.05, 0) is 24.6 Å². The molecule has 0 aliphatic rings. The van der Waals surface area contributed by atoms with Gasteiger partial charge in [-0.15, -0.1) is 11.3 Å². The normalized spacial score (nSPS) is 12.3. The van der Waals surface area contributed by atoms with E-state index in [1.54, 1.807) is 24.3 Å². The highest BCUT2D eigenvalue weighted by Gasteiger charge is 2.21. The topological polar surface area (TPSA) is 50.2 Å². The number of aliphatic carboxylic acids is 1. The Balaban J connectivity index is 2.23. The minimum atomic E-state index is -0.844. The van der Waals surface area contributed by atoms with E-state index >= 15 is 0 Å². The summed E-state index contributed by atoms with van der Waals surface area (Å²) in [5.74, 6) is -1.42. The van der Waals surface area contributed by atoms with Gasteiger partial charge in [-0.1, -0.05) is 23.7 Å². The first-order valence-electron chi connectivity index (χ1n) is 5.45. The molecule has 1 heterocycles. The Labute approximate surface area is 114 Å². The van der Waals surface area contributed by atoms with Crippen LogP contribution in [0.5, 0.6) is 0 Å². The summed E-state index contributed by atoms with van der Waals surface area (Å²) in [4.78, 5) is 15.6. The van der Waals surface area contributed by atoms with Crippen LogP contribution in [0.2, 0.25) is 5.02 Å². The lowest BCUT2D eigenvalue weighted by atomic mass is 9.95. The molecule has 0 amide bonds. The van der Waals surface area contributed by atoms with Crippen LogP contribution in [-0.4, -0.2) is 16.1 Å². The summed E-state index contributed by atoms with van der Waals surface area (Å²) in [7, 11) is 0. The molecule has 2 aromatic rings. The molecule has 1 aromatic carbocycles. The van der Waals surface area contributed by atoms with Crippen molar-refractivity contribution < 1.29 is 9.90 Å². The number of aryl methyl sites for hydroxylation is 1. The highest BCUT2D eigenvalue weighted by molar-refractivity contribution is 7.09. The summed E-state index contributed by atoms with van der Waals surface area (Å²) in [6.07, 6.45) is 0.404. The van der Waals surface area contributed by atoms with Gasteiger partial charge in [-0.3, -0.25) is 4.79 Å². The Bertz CT molecular complexity index is 550. The molecule has 1 N–H and O–H groups in total. The van der Waals surface area contributed by atoms with E-state index in [0.29, 0.717) is 11.4 Å². The highest BCUT2D eigenvalue weighted by atomic mass is 35.5. The van der Waals surface area contributed by atoms with Crippen molar-refractivity contribution in [2.45, 2.75) is 19.3 Å². The van der Waals surface area contributed by atoms with Crippen molar-refractivity contribution in [2.75, 3.05) is 0 Å². The van der Waals surface area contributed by atoms with Crippen LogP contribution < -0.4 is 0 Å². The van der Waals surface area contributed by atoms with E-state index in [4.69, 9.17) is 11.6 Å². The first-order valence-corrected chi connectivity index (χ1v) is 6.71. The maximum absolute atomic E-state index is 11.3. The maximum Gasteiger partial charge on any atom is 0.311 e. The van der Waals surface area contributed by atoms with Crippen LogP contribution in [0.4, 0.5) is 0 Å². The number of hydrogen-bond acceptors (Lipinski definition) is 3. The molecule has 0 saturated carbocycles. The maximum atomic E-state index is 11.3. The summed E-state index contributed by atoms with van der Waals surface area (Å²) < 4.78 is 0. The quantitative estimate of drug-likeness (QED) is 0.933. The Kier molecular flexibility index (Phi) is 3.99. The van der Waals surface area contributed by atoms with Gasteiger partial charge in [0.15, 0.2) is 0 Å². The molecular weight excluding hydrogens is 270 g/mol. The van der Waals surface area contributed by atoms with Gasteiger partial charge in [0.1, 0.15) is 0 Å². The zero-order valence-electron chi connectivity index (χ0n) is 9.76. The van der Waals surface area contributed by atoms with Crippen LogP contribution in [0.3, 0.4) is 0 Å². The fourth-order valence-corrected chi connectivity index (χ4v) is 2.51. The molecule has 1 atom stereocenters. The Morgan fingerprint density at radius 1 is 1.44 bits per heavy atom. The van der Waals surface area contributed by atoms with Gasteiger partial charge in [-0.2, -0.15) is 0 Å². The molecule has 0 radical (unpaired) electrons. The molecule has 2 rings (SSSR count). The van der Waals surface area contributed by atoms with Crippen LogP contribution in [0, 0.1) is 6.92 Å². The number of aromatic nitrogens is 1. The lowest BCUT2D eigenvalue weighted by Crippen LogP contribution is -2.14. The van der Waals surface area contributed by atoms with Crippen molar-refractivity contribution >= 4 is 28.9 Å². The van der Waals surface area contributed by atoms with E-state index in [9.17, 15) is 9.90 Å². The van der Waals surface area contributed by atoms with Gasteiger partial charge in [-0.25, -0.2) is 4.98 Å². The number of benzene rings is 1. The van der Waals surface area contributed by atoms with Gasteiger partial charge in [0.25, 0.3) is 0 Å². The SMILES string of the molecule is Cc1nc(CC(C(=O)O)c2ccc(Cl)cc2)cs1. The van der Waals surface area contributed by atoms with Crippen LogP contribution >= 0.6 is 22.9 Å². The third-order valence-corrected chi connectivity index (χ3v) is 3.72. The Hall–Kier alpha value is -1.39. The summed E-state index contributed by atoms with van der Waals surface area (Å²) in [5.41, 5.74) is 1.57. The van der Waals surface area contributed by atoms with Gasteiger partial charge < -0.3 is 5.11 Å². The van der Waals surface area contributed by atoms with E-state index in [1.165, 1.54) is 11.3 Å². The van der Waals surface area contributed by atoms with Gasteiger partial charge in [0.05, 0.1) is 16.6 Å². The number of carbonyl (C=O) groups is 1. The van der Waals surface area contributed by atoms with E-state index in [0.717, 1.165) is 16.3 Å². The summed E-state index contributed by atoms with van der Waals surface area (Å²) >= 11 is 7.33. The molecule has 18 heavy (non-hydrogen) atoms. The first-order chi connectivity index (χ1) is 8.56. The van der Waals surface area contributed by atoms with Gasteiger partial charge in [0.2, 0.25) is 0 Å². The number of hydrogen-bond donors (Lipinski definition) is 1. The largest absolute Gasteiger partial charge is 0.481 e. The van der Waals surface area contributed by atoms with Crippen molar-refractivity contribution in [3.8, 4) is 0 Å². The minimum absolute atomic E-state index is 0.404. The van der Waals surface area contributed by atoms with E-state index in [1.807, 2.05) is 12.3 Å². The second-order valence-electron chi connectivity index (χ2n) is 4.00. The molecule has 3 nitrogen and oxygen atoms in total. The third kappa shape index (κ3) is 3.09. The molecule has 0 bridgehead atoms. The molecule has 94 valence electrons. The fraction of sp³-hybridized carbons (Fsp3) is 0.231. The van der Waals surface area contributed by atoms with Crippen LogP contribution in [0.15, 0.2) is 29.6 Å². The van der Waals surface area contributed by atoms with Gasteiger partial charge >= 0.3 is 5.97 Å². The number of carboxylic acid groups (broad SMARTS) is 1. The van der Waals surface area contributed by atoms with Crippen LogP contribution in [0.25, 0.3) is 0 Å². The van der Waals surface area contributed by atoms with E-state index < -0.39 is 11.9 Å². The number of thiazole rings is 1. The molecule has 0 aliphatic heterocycles. The smallest absolute Gasteiger partial charge is 0.311 e. The predicted octanol–water partition coefficient (Wildman–Crippen LogP) is 3.52. The minimum Gasteiger partial charge on any atom is -0.481 e. The van der Waals surface area contributed by atoms with Crippen molar-refractivity contribution in [3.05, 3.63) is 50.9 Å². The summed E-state index contributed by atoms with van der Waals surface area (Å²) in [6.45, 7) is 1.91. The molecule has 1 unspecified atom stereocenters. The first kappa shape index (κ1) is 13.1. The lowest BCUT2D eigenvalue weighted by Gasteiger charge is -2.11. The monoisotopic (exact) mass is 281 g/mol. The molecule has 0 fully saturated rings. The van der Waals surface area contributed by atoms with E-state index in [2.05, 4.69) is 4.98 Å². The molecular formula is C13H12ClNO2S. The molecule has 0 spiro atoms. The van der Waals surface area contributed by atoms with Gasteiger partial charge in [0, 0.05) is 16.8 Å². The average molecular weight is 282 g/mol. The summed E-state index contributed by atoms with van der Waals surface area (Å²) in [6, 6.07) is 6.92. The zero-order valence-corrected chi connectivity index (χ0v) is 11.3. The second-order valence-corrected chi connectivity index (χ2v) is 5.50. The van der Waals surface area contributed by atoms with Crippen LogP contribution in [0.1, 0.15) is 22.2 Å². The van der Waals surface area contributed by atoms with Crippen molar-refractivity contribution in [3.63, 3.8) is 0 Å². The number of halogens is 1. The second kappa shape index (κ2) is 5.50. The van der Waals surface area contributed by atoms with Crippen molar-refractivity contribution in [2.24, 2.45) is 0 Å². The Morgan fingerprint density at radius 3 is 2.61 bits per heavy atom. The number of nitrogens with zero attached hydrogens (tertiary/aromatic N) is 1. The van der Waals surface area contributed by atoms with E-state index in [-0.39, 0.29) is 0 Å². The third-order valence-electron chi connectivity index (χ3n) is 2.65. The predicted molar refractivity (Wildman–Crippen MR) is 72.4 cm³/mol. The van der Waals surface area contributed by atoms with Crippen molar-refractivity contribution in [1.82, 2.24) is 4.98 Å². The standard InChI is InChI=1S/C13H12ClNO2S/c1-8-15-11(7-18-8)6-12(13(16)17)9-2-4-10(14)5-3-9/h2-5,7,12H,6H2,1H3,(H,16,17). The highest BCUT2D eigenvalue weighted by Crippen LogP contribution is 2.23. The lowest BCUT2D eigenvalue weighted by molar-refractivity contribution is -0.138. The number of rotatable bonds is 4. The average Bonchev–Trinajstić information content (AvgIpc) is 2.73. The Morgan fingerprint density at radius 2 is 2.11 bits per heavy atom. The molecule has 0 aliphatic carbocycles. The van der Waals surface area contributed by atoms with Crippen molar-refractivity contribution in [1.29, 1.82) is 0 Å². The van der Waals surface area contributed by atoms with Crippen LogP contribution in [-0.2, 0) is 11.2 Å².